The van der Waals surface area contributed by atoms with Gasteiger partial charge in [0, 0.05) is 43.2 Å². The van der Waals surface area contributed by atoms with Crippen LogP contribution in [0.2, 0.25) is 0 Å². The van der Waals surface area contributed by atoms with E-state index in [-0.39, 0.29) is 11.3 Å². The molecule has 3 heterocycles. The molecule has 26 heavy (non-hydrogen) atoms. The van der Waals surface area contributed by atoms with Crippen LogP contribution in [0.25, 0.3) is 0 Å². The number of hydrogen-bond donors (Lipinski definition) is 1. The number of carbonyl (C=O) groups excluding carboxylic acids is 1. The molecule has 2 atom stereocenters. The highest BCUT2D eigenvalue weighted by molar-refractivity contribution is 5.96. The van der Waals surface area contributed by atoms with Crippen LogP contribution in [-0.2, 0) is 4.79 Å². The first kappa shape index (κ1) is 17.8. The Bertz CT molecular complexity index is 625. The van der Waals surface area contributed by atoms with Gasteiger partial charge in [0.25, 0.3) is 0 Å². The van der Waals surface area contributed by atoms with Crippen LogP contribution in [0.5, 0.6) is 5.75 Å². The number of nitrogens with one attached hydrogen (secondary N) is 1. The quantitative estimate of drug-likeness (QED) is 0.795. The molecule has 3 aliphatic rings. The normalized spacial score (nSPS) is 29.2. The number of rotatable bonds is 6. The molecule has 142 valence electrons. The SMILES string of the molecule is CC1CCCN1CCCOc1ccc(N2CC3(CCNC3)CC2=O)cc1. The van der Waals surface area contributed by atoms with Crippen molar-refractivity contribution in [1.82, 2.24) is 10.2 Å². The highest BCUT2D eigenvalue weighted by Gasteiger charge is 2.45. The number of amides is 1. The first-order valence-corrected chi connectivity index (χ1v) is 10.1. The van der Waals surface area contributed by atoms with Crippen molar-refractivity contribution >= 4 is 11.6 Å². The standard InChI is InChI=1S/C21H31N3O2/c1-17-4-2-11-23(17)12-3-13-26-19-7-5-18(6-8-19)24-16-21(14-20(24)25)9-10-22-15-21/h5-8,17,22H,2-4,9-16H2,1H3. The van der Waals surface area contributed by atoms with Crippen molar-refractivity contribution in [1.29, 1.82) is 0 Å². The second-order valence-corrected chi connectivity index (χ2v) is 8.31. The average molecular weight is 357 g/mol. The Kier molecular flexibility index (Phi) is 5.18. The predicted octanol–water partition coefficient (Wildman–Crippen LogP) is 2.66. The van der Waals surface area contributed by atoms with E-state index in [2.05, 4.69) is 17.1 Å². The molecule has 2 unspecified atom stereocenters. The minimum atomic E-state index is 0.152. The zero-order chi connectivity index (χ0) is 18.0. The Morgan fingerprint density at radius 2 is 2.15 bits per heavy atom. The number of carbonyl (C=O) groups is 1. The van der Waals surface area contributed by atoms with Crippen LogP contribution in [0.4, 0.5) is 5.69 Å². The van der Waals surface area contributed by atoms with Gasteiger partial charge in [0.2, 0.25) is 5.91 Å². The molecule has 0 aromatic heterocycles. The van der Waals surface area contributed by atoms with E-state index >= 15 is 0 Å². The largest absolute Gasteiger partial charge is 0.494 e. The maximum Gasteiger partial charge on any atom is 0.227 e. The van der Waals surface area contributed by atoms with Crippen molar-refractivity contribution in [2.24, 2.45) is 5.41 Å². The summed E-state index contributed by atoms with van der Waals surface area (Å²) in [4.78, 5) is 17.0. The van der Waals surface area contributed by atoms with Crippen molar-refractivity contribution < 1.29 is 9.53 Å². The van der Waals surface area contributed by atoms with Crippen LogP contribution in [0.3, 0.4) is 0 Å². The van der Waals surface area contributed by atoms with E-state index in [0.29, 0.717) is 6.42 Å². The first-order chi connectivity index (χ1) is 12.7. The maximum absolute atomic E-state index is 12.4. The van der Waals surface area contributed by atoms with Crippen molar-refractivity contribution in [2.45, 2.75) is 45.1 Å². The fraction of sp³-hybridized carbons (Fsp3) is 0.667. The maximum atomic E-state index is 12.4. The Hall–Kier alpha value is -1.59. The van der Waals surface area contributed by atoms with Crippen LogP contribution >= 0.6 is 0 Å². The van der Waals surface area contributed by atoms with Gasteiger partial charge in [-0.2, -0.15) is 0 Å². The molecule has 1 aromatic rings. The summed E-state index contributed by atoms with van der Waals surface area (Å²) in [6.45, 7) is 8.26. The lowest BCUT2D eigenvalue weighted by Gasteiger charge is -2.22. The molecule has 1 aromatic carbocycles. The smallest absolute Gasteiger partial charge is 0.227 e. The molecule has 3 fully saturated rings. The molecule has 5 heteroatoms. The lowest BCUT2D eigenvalue weighted by atomic mass is 9.86. The van der Waals surface area contributed by atoms with E-state index in [9.17, 15) is 4.79 Å². The lowest BCUT2D eigenvalue weighted by Crippen LogP contribution is -2.29. The van der Waals surface area contributed by atoms with Gasteiger partial charge in [-0.25, -0.2) is 0 Å². The highest BCUT2D eigenvalue weighted by Crippen LogP contribution is 2.39. The summed E-state index contributed by atoms with van der Waals surface area (Å²) in [6, 6.07) is 8.78. The summed E-state index contributed by atoms with van der Waals surface area (Å²) in [5.74, 6) is 1.15. The number of benzene rings is 1. The van der Waals surface area contributed by atoms with Crippen molar-refractivity contribution in [3.8, 4) is 5.75 Å². The van der Waals surface area contributed by atoms with Crippen molar-refractivity contribution in [3.05, 3.63) is 24.3 Å². The summed E-state index contributed by atoms with van der Waals surface area (Å²) in [5, 5.41) is 3.41. The second kappa shape index (κ2) is 7.57. The topological polar surface area (TPSA) is 44.8 Å². The summed E-state index contributed by atoms with van der Waals surface area (Å²) in [5.41, 5.74) is 1.15. The second-order valence-electron chi connectivity index (χ2n) is 8.31. The Labute approximate surface area is 156 Å². The van der Waals surface area contributed by atoms with Crippen LogP contribution in [0, 0.1) is 5.41 Å². The van der Waals surface area contributed by atoms with Crippen LogP contribution in [0.15, 0.2) is 24.3 Å². The molecule has 1 amide bonds. The summed E-state index contributed by atoms with van der Waals surface area (Å²) in [6.07, 6.45) is 5.50. The van der Waals surface area contributed by atoms with Gasteiger partial charge in [0.15, 0.2) is 0 Å². The van der Waals surface area contributed by atoms with E-state index < -0.39 is 0 Å². The molecule has 0 bridgehead atoms. The third-order valence-electron chi connectivity index (χ3n) is 6.35. The van der Waals surface area contributed by atoms with Gasteiger partial charge in [0.1, 0.15) is 5.75 Å². The van der Waals surface area contributed by atoms with E-state index in [0.717, 1.165) is 63.1 Å². The van der Waals surface area contributed by atoms with E-state index in [1.807, 2.05) is 29.2 Å². The average Bonchev–Trinajstić information content (AvgIpc) is 3.34. The highest BCUT2D eigenvalue weighted by atomic mass is 16.5. The van der Waals surface area contributed by atoms with Gasteiger partial charge in [0.05, 0.1) is 6.61 Å². The number of likely N-dealkylation sites (tertiary alicyclic amines) is 1. The number of anilines is 1. The van der Waals surface area contributed by atoms with Crippen LogP contribution in [0.1, 0.15) is 39.0 Å². The molecule has 0 saturated carbocycles. The molecule has 0 radical (unpaired) electrons. The molecule has 3 aliphatic heterocycles. The summed E-state index contributed by atoms with van der Waals surface area (Å²) in [7, 11) is 0. The third-order valence-corrected chi connectivity index (χ3v) is 6.35. The molecule has 5 nitrogen and oxygen atoms in total. The Morgan fingerprint density at radius 3 is 2.85 bits per heavy atom. The Morgan fingerprint density at radius 1 is 1.31 bits per heavy atom. The predicted molar refractivity (Wildman–Crippen MR) is 104 cm³/mol. The molecule has 3 saturated heterocycles. The van der Waals surface area contributed by atoms with E-state index in [1.165, 1.54) is 19.4 Å². The van der Waals surface area contributed by atoms with Gasteiger partial charge in [-0.1, -0.05) is 0 Å². The fourth-order valence-electron chi connectivity index (χ4n) is 4.72. The van der Waals surface area contributed by atoms with Gasteiger partial charge in [-0.05, 0) is 70.0 Å². The number of hydrogen-bond acceptors (Lipinski definition) is 4. The Balaban J connectivity index is 1.26. The minimum Gasteiger partial charge on any atom is -0.494 e. The van der Waals surface area contributed by atoms with Crippen molar-refractivity contribution in [2.75, 3.05) is 44.2 Å². The van der Waals surface area contributed by atoms with E-state index in [4.69, 9.17) is 4.74 Å². The third kappa shape index (κ3) is 3.74. The van der Waals surface area contributed by atoms with Gasteiger partial charge < -0.3 is 19.9 Å². The monoisotopic (exact) mass is 357 g/mol. The lowest BCUT2D eigenvalue weighted by molar-refractivity contribution is -0.117. The minimum absolute atomic E-state index is 0.152. The summed E-state index contributed by atoms with van der Waals surface area (Å²) < 4.78 is 5.90. The molecule has 4 rings (SSSR count). The van der Waals surface area contributed by atoms with Crippen molar-refractivity contribution in [3.63, 3.8) is 0 Å². The number of ether oxygens (including phenoxy) is 1. The van der Waals surface area contributed by atoms with Gasteiger partial charge in [-0.15, -0.1) is 0 Å². The molecule has 1 spiro atoms. The van der Waals surface area contributed by atoms with Crippen LogP contribution < -0.4 is 15.0 Å². The summed E-state index contributed by atoms with van der Waals surface area (Å²) >= 11 is 0. The first-order valence-electron chi connectivity index (χ1n) is 10.1. The van der Waals surface area contributed by atoms with Gasteiger partial charge >= 0.3 is 0 Å². The molecular formula is C21H31N3O2. The zero-order valence-corrected chi connectivity index (χ0v) is 15.9. The number of nitrogens with zero attached hydrogens (tertiary/aromatic N) is 2. The molecule has 1 N–H and O–H groups in total. The fourth-order valence-corrected chi connectivity index (χ4v) is 4.72. The molecule has 0 aliphatic carbocycles. The molecular weight excluding hydrogens is 326 g/mol. The zero-order valence-electron chi connectivity index (χ0n) is 15.9. The van der Waals surface area contributed by atoms with Gasteiger partial charge in [-0.3, -0.25) is 4.79 Å². The van der Waals surface area contributed by atoms with E-state index in [1.54, 1.807) is 0 Å². The van der Waals surface area contributed by atoms with Crippen LogP contribution in [-0.4, -0.2) is 56.2 Å².